The lowest BCUT2D eigenvalue weighted by molar-refractivity contribution is 0.481. The fourth-order valence-electron chi connectivity index (χ4n) is 2.02. The predicted molar refractivity (Wildman–Crippen MR) is 66.7 cm³/mol. The molecule has 0 saturated carbocycles. The zero-order chi connectivity index (χ0) is 11.0. The van der Waals surface area contributed by atoms with E-state index in [-0.39, 0.29) is 0 Å². The third-order valence-corrected chi connectivity index (χ3v) is 2.94. The molecule has 0 aliphatic carbocycles. The molecule has 1 aromatic carbocycles. The van der Waals surface area contributed by atoms with Gasteiger partial charge in [-0.3, -0.25) is 0 Å². The van der Waals surface area contributed by atoms with E-state index >= 15 is 0 Å². The maximum Gasteiger partial charge on any atom is 0.124 e. The predicted octanol–water partition coefficient (Wildman–Crippen LogP) is 3.36. The van der Waals surface area contributed by atoms with Gasteiger partial charge in [0.25, 0.3) is 0 Å². The van der Waals surface area contributed by atoms with E-state index in [0.717, 1.165) is 16.6 Å². The van der Waals surface area contributed by atoms with Crippen LogP contribution in [0.15, 0.2) is 24.3 Å². The summed E-state index contributed by atoms with van der Waals surface area (Å²) >= 11 is 4.32. The largest absolute Gasteiger partial charge is 0.507 e. The molecule has 0 saturated heterocycles. The van der Waals surface area contributed by atoms with Crippen molar-refractivity contribution in [3.63, 3.8) is 0 Å². The number of benzene rings is 1. The summed E-state index contributed by atoms with van der Waals surface area (Å²) in [6.45, 7) is 4.27. The fourth-order valence-corrected chi connectivity index (χ4v) is 2.27. The molecule has 0 spiro atoms. The Bertz CT molecular complexity index is 488. The number of hydrogen-bond acceptors (Lipinski definition) is 2. The van der Waals surface area contributed by atoms with Crippen molar-refractivity contribution in [3.05, 3.63) is 30.0 Å². The maximum atomic E-state index is 9.75. The Morgan fingerprint density at radius 1 is 1.40 bits per heavy atom. The molecule has 3 heteroatoms. The normalized spacial score (nSPS) is 11.5. The Kier molecular flexibility index (Phi) is 2.65. The third kappa shape index (κ3) is 1.61. The van der Waals surface area contributed by atoms with Gasteiger partial charge in [0.2, 0.25) is 0 Å². The van der Waals surface area contributed by atoms with E-state index in [1.54, 1.807) is 6.07 Å². The first-order chi connectivity index (χ1) is 7.15. The second-order valence-corrected chi connectivity index (χ2v) is 4.28. The summed E-state index contributed by atoms with van der Waals surface area (Å²) in [7, 11) is 0. The number of hydrogen-bond donors (Lipinski definition) is 2. The average molecular weight is 221 g/mol. The van der Waals surface area contributed by atoms with Gasteiger partial charge in [0.05, 0.1) is 5.52 Å². The van der Waals surface area contributed by atoms with Crippen molar-refractivity contribution in [1.82, 2.24) is 4.57 Å². The lowest BCUT2D eigenvalue weighted by Crippen LogP contribution is -2.03. The summed E-state index contributed by atoms with van der Waals surface area (Å²) in [6, 6.07) is 8.01. The number of aromatic hydroxyl groups is 1. The average Bonchev–Trinajstić information content (AvgIpc) is 2.57. The van der Waals surface area contributed by atoms with Crippen LogP contribution in [0.2, 0.25) is 0 Å². The highest BCUT2D eigenvalue weighted by Gasteiger charge is 2.12. The van der Waals surface area contributed by atoms with E-state index in [9.17, 15) is 5.11 Å². The minimum Gasteiger partial charge on any atom is -0.507 e. The molecule has 2 nitrogen and oxygen atoms in total. The minimum atomic E-state index is 0.343. The van der Waals surface area contributed by atoms with Crippen LogP contribution in [0.5, 0.6) is 5.75 Å². The van der Waals surface area contributed by atoms with Crippen LogP contribution in [-0.4, -0.2) is 9.67 Å². The van der Waals surface area contributed by atoms with Crippen LogP contribution in [0.1, 0.15) is 25.6 Å². The van der Waals surface area contributed by atoms with Crippen LogP contribution >= 0.6 is 12.6 Å². The van der Waals surface area contributed by atoms with Gasteiger partial charge in [-0.25, -0.2) is 0 Å². The molecule has 0 bridgehead atoms. The Morgan fingerprint density at radius 2 is 2.13 bits per heavy atom. The summed E-state index contributed by atoms with van der Waals surface area (Å²) < 4.78 is 2.21. The molecule has 0 radical (unpaired) electrons. The fraction of sp³-hybridized carbons (Fsp3) is 0.333. The molecule has 0 aliphatic heterocycles. The van der Waals surface area contributed by atoms with Crippen molar-refractivity contribution in [2.75, 3.05) is 0 Å². The van der Waals surface area contributed by atoms with Crippen molar-refractivity contribution in [2.45, 2.75) is 25.6 Å². The maximum absolute atomic E-state index is 9.75. The van der Waals surface area contributed by atoms with Crippen molar-refractivity contribution >= 4 is 23.5 Å². The van der Waals surface area contributed by atoms with Gasteiger partial charge in [0.15, 0.2) is 0 Å². The Balaban J connectivity index is 2.80. The first-order valence-electron chi connectivity index (χ1n) is 5.07. The van der Waals surface area contributed by atoms with Crippen molar-refractivity contribution < 1.29 is 5.11 Å². The number of phenols is 1. The first kappa shape index (κ1) is 10.4. The van der Waals surface area contributed by atoms with Gasteiger partial charge in [0.1, 0.15) is 5.75 Å². The van der Waals surface area contributed by atoms with E-state index in [0.29, 0.717) is 17.5 Å². The van der Waals surface area contributed by atoms with Crippen molar-refractivity contribution in [2.24, 2.45) is 0 Å². The first-order valence-corrected chi connectivity index (χ1v) is 5.71. The van der Waals surface area contributed by atoms with Gasteiger partial charge in [-0.15, -0.1) is 0 Å². The molecule has 15 heavy (non-hydrogen) atoms. The van der Waals surface area contributed by atoms with E-state index in [1.165, 1.54) is 0 Å². The van der Waals surface area contributed by atoms with Gasteiger partial charge in [0, 0.05) is 22.9 Å². The minimum absolute atomic E-state index is 0.343. The molecule has 2 rings (SSSR count). The number of phenolic OH excluding ortho intramolecular Hbond substituents is 1. The number of nitrogens with zero attached hydrogens (tertiary/aromatic N) is 1. The standard InChI is InChI=1S/C12H15NOS/c1-8(2)13-9(7-15)6-10-11(13)4-3-5-12(10)14/h3-6,8,14-15H,7H2,1-2H3. The SMILES string of the molecule is CC(C)n1c(CS)cc2c(O)cccc21. The van der Waals surface area contributed by atoms with Gasteiger partial charge >= 0.3 is 0 Å². The number of thiol groups is 1. The molecule has 80 valence electrons. The van der Waals surface area contributed by atoms with E-state index in [4.69, 9.17) is 0 Å². The van der Waals surface area contributed by atoms with Crippen molar-refractivity contribution in [3.8, 4) is 5.75 Å². The Morgan fingerprint density at radius 3 is 2.73 bits per heavy atom. The van der Waals surface area contributed by atoms with Crippen LogP contribution in [0.25, 0.3) is 10.9 Å². The third-order valence-electron chi connectivity index (χ3n) is 2.62. The highest BCUT2D eigenvalue weighted by Crippen LogP contribution is 2.30. The highest BCUT2D eigenvalue weighted by molar-refractivity contribution is 7.79. The van der Waals surface area contributed by atoms with E-state index < -0.39 is 0 Å². The molecule has 0 aliphatic rings. The van der Waals surface area contributed by atoms with Crippen LogP contribution in [0.3, 0.4) is 0 Å². The van der Waals surface area contributed by atoms with Crippen LogP contribution < -0.4 is 0 Å². The number of rotatable bonds is 2. The number of fused-ring (bicyclic) bond motifs is 1. The number of aromatic nitrogens is 1. The molecule has 2 aromatic rings. The summed E-state index contributed by atoms with van der Waals surface area (Å²) in [5.74, 6) is 1.03. The molecule has 1 N–H and O–H groups in total. The lowest BCUT2D eigenvalue weighted by Gasteiger charge is -2.13. The van der Waals surface area contributed by atoms with Crippen LogP contribution in [-0.2, 0) is 5.75 Å². The molecule has 0 fully saturated rings. The van der Waals surface area contributed by atoms with Gasteiger partial charge in [-0.05, 0) is 32.0 Å². The van der Waals surface area contributed by atoms with Crippen LogP contribution in [0, 0.1) is 0 Å². The molecule has 0 amide bonds. The second kappa shape index (κ2) is 3.81. The monoisotopic (exact) mass is 221 g/mol. The Labute approximate surface area is 94.9 Å². The molecular weight excluding hydrogens is 206 g/mol. The molecule has 1 heterocycles. The van der Waals surface area contributed by atoms with Gasteiger partial charge < -0.3 is 9.67 Å². The topological polar surface area (TPSA) is 25.2 Å². The zero-order valence-corrected chi connectivity index (χ0v) is 9.83. The van der Waals surface area contributed by atoms with E-state index in [1.807, 2.05) is 18.2 Å². The quantitative estimate of drug-likeness (QED) is 0.747. The summed E-state index contributed by atoms with van der Waals surface area (Å²) in [4.78, 5) is 0. The smallest absolute Gasteiger partial charge is 0.124 e. The second-order valence-electron chi connectivity index (χ2n) is 3.97. The summed E-state index contributed by atoms with van der Waals surface area (Å²) in [5, 5.41) is 10.7. The molecular formula is C12H15NOS. The highest BCUT2D eigenvalue weighted by atomic mass is 32.1. The molecule has 0 unspecified atom stereocenters. The summed E-state index contributed by atoms with van der Waals surface area (Å²) in [6.07, 6.45) is 0. The van der Waals surface area contributed by atoms with Crippen LogP contribution in [0.4, 0.5) is 0 Å². The lowest BCUT2D eigenvalue weighted by atomic mass is 10.2. The van der Waals surface area contributed by atoms with Gasteiger partial charge in [-0.1, -0.05) is 6.07 Å². The van der Waals surface area contributed by atoms with E-state index in [2.05, 4.69) is 31.0 Å². The van der Waals surface area contributed by atoms with Crippen molar-refractivity contribution in [1.29, 1.82) is 0 Å². The summed E-state index contributed by atoms with van der Waals surface area (Å²) in [5.41, 5.74) is 2.22. The molecule has 1 aromatic heterocycles. The van der Waals surface area contributed by atoms with Gasteiger partial charge in [-0.2, -0.15) is 12.6 Å². The zero-order valence-electron chi connectivity index (χ0n) is 8.94. The Hall–Kier alpha value is -1.09. The molecule has 0 atom stereocenters.